The summed E-state index contributed by atoms with van der Waals surface area (Å²) in [5.41, 5.74) is 3.87. The van der Waals surface area contributed by atoms with Crippen LogP contribution in [0.15, 0.2) is 72.8 Å². The average molecular weight is 681 g/mol. The molecule has 0 bridgehead atoms. The van der Waals surface area contributed by atoms with Gasteiger partial charge in [-0.1, -0.05) is 62.1 Å². The molecule has 0 aromatic heterocycles. The molecule has 0 saturated heterocycles. The van der Waals surface area contributed by atoms with E-state index in [-0.39, 0.29) is 12.0 Å². The summed E-state index contributed by atoms with van der Waals surface area (Å²) in [7, 11) is 19.9. The molecule has 0 saturated carbocycles. The van der Waals surface area contributed by atoms with Crippen molar-refractivity contribution in [3.8, 4) is 17.2 Å². The van der Waals surface area contributed by atoms with Crippen LogP contribution in [0.5, 0.6) is 17.2 Å². The second-order valence-electron chi connectivity index (χ2n) is 15.6. The van der Waals surface area contributed by atoms with Crippen molar-refractivity contribution in [3.05, 3.63) is 89.5 Å². The van der Waals surface area contributed by atoms with Crippen molar-refractivity contribution < 1.29 is 37.9 Å². The maximum atomic E-state index is 10.5. The molecule has 3 rings (SSSR count). The molecule has 0 unspecified atom stereocenters. The maximum absolute atomic E-state index is 10.5. The Balaban J connectivity index is 0.00000105. The van der Waals surface area contributed by atoms with Gasteiger partial charge < -0.3 is 37.9 Å². The Labute approximate surface area is 298 Å². The number of unbranched alkanes of at least 4 members (excludes halogenated alkanes) is 4. The summed E-state index contributed by atoms with van der Waals surface area (Å²) < 4.78 is 22.8. The first-order valence-electron chi connectivity index (χ1n) is 17.3. The van der Waals surface area contributed by atoms with Gasteiger partial charge in [-0.3, -0.25) is 0 Å². The van der Waals surface area contributed by atoms with Crippen LogP contribution >= 0.6 is 0 Å². The van der Waals surface area contributed by atoms with E-state index < -0.39 is 7.32 Å². The lowest BCUT2D eigenvalue weighted by molar-refractivity contribution is -0.849. The SMILES string of the molecule is COc1ccc(CC(CCCCCCCOB([O-])[O-])(Cc2ccc(OC)cc2)Cc2ccc(OC)cc2)cc1.C[N+](C)(C)C.C[N+](C)(C)C. The van der Waals surface area contributed by atoms with Crippen LogP contribution < -0.4 is 24.3 Å². The van der Waals surface area contributed by atoms with E-state index in [4.69, 9.17) is 14.2 Å². The van der Waals surface area contributed by atoms with Crippen LogP contribution in [0.4, 0.5) is 0 Å². The summed E-state index contributed by atoms with van der Waals surface area (Å²) in [6.07, 6.45) is 8.83. The second-order valence-corrected chi connectivity index (χ2v) is 15.6. The summed E-state index contributed by atoms with van der Waals surface area (Å²) in [4.78, 5) is 0. The van der Waals surface area contributed by atoms with Gasteiger partial charge in [0.05, 0.1) is 85.0 Å². The monoisotopic (exact) mass is 680 g/mol. The number of ether oxygens (including phenoxy) is 3. The number of quaternary nitrogens is 2. The Kier molecular flexibility index (Phi) is 20.3. The Hall–Kier alpha value is -3.08. The zero-order valence-electron chi connectivity index (χ0n) is 32.4. The minimum atomic E-state index is -2.18. The molecular formula is C40H65BN2O6. The molecular weight excluding hydrogens is 615 g/mol. The number of hydrogen-bond donors (Lipinski definition) is 0. The minimum absolute atomic E-state index is 0.000780. The van der Waals surface area contributed by atoms with Crippen molar-refractivity contribution in [1.82, 2.24) is 0 Å². The Morgan fingerprint density at radius 3 is 1.06 bits per heavy atom. The molecule has 0 aliphatic heterocycles. The van der Waals surface area contributed by atoms with Crippen LogP contribution in [0.2, 0.25) is 0 Å². The highest BCUT2D eigenvalue weighted by molar-refractivity contribution is 6.28. The number of benzene rings is 3. The van der Waals surface area contributed by atoms with E-state index in [1.165, 1.54) is 16.7 Å². The van der Waals surface area contributed by atoms with Crippen molar-refractivity contribution >= 4 is 7.32 Å². The molecule has 0 atom stereocenters. The smallest absolute Gasteiger partial charge is 0.118 e. The van der Waals surface area contributed by atoms with Gasteiger partial charge in [0.2, 0.25) is 0 Å². The highest BCUT2D eigenvalue weighted by atomic mass is 16.6. The largest absolute Gasteiger partial charge is 0.871 e. The first-order chi connectivity index (χ1) is 22.9. The minimum Gasteiger partial charge on any atom is -0.871 e. The standard InChI is InChI=1S/C32H41BO6.2C4H12N/c1-36-29-15-9-26(10-16-29)23-32(24-27-11-17-30(37-2)18-12-27,25-28-13-19-31(38-3)20-14-28)21-7-5-4-6-8-22-39-33(34)35;2*1-5(2,3)4/h9-20H,4-8,21-25H2,1-3H3;2*1-4H3/q-2;2*+1. The molecule has 0 spiro atoms. The first-order valence-corrected chi connectivity index (χ1v) is 17.3. The average Bonchev–Trinajstić information content (AvgIpc) is 3.02. The lowest BCUT2D eigenvalue weighted by Gasteiger charge is -2.35. The quantitative estimate of drug-likeness (QED) is 0.101. The van der Waals surface area contributed by atoms with E-state index in [9.17, 15) is 10.0 Å². The molecule has 0 radical (unpaired) electrons. The highest BCUT2D eigenvalue weighted by Crippen LogP contribution is 2.38. The van der Waals surface area contributed by atoms with Crippen LogP contribution in [0.1, 0.15) is 55.2 Å². The van der Waals surface area contributed by atoms with Crippen LogP contribution in [0, 0.1) is 5.41 Å². The van der Waals surface area contributed by atoms with Gasteiger partial charge in [0.25, 0.3) is 0 Å². The normalized spacial score (nSPS) is 11.4. The van der Waals surface area contributed by atoms with E-state index in [0.29, 0.717) is 0 Å². The fraction of sp³-hybridized carbons (Fsp3) is 0.550. The van der Waals surface area contributed by atoms with Crippen molar-refractivity contribution in [1.29, 1.82) is 0 Å². The van der Waals surface area contributed by atoms with E-state index in [2.05, 4.69) is 97.4 Å². The maximum Gasteiger partial charge on any atom is 0.118 e. The third kappa shape index (κ3) is 23.1. The van der Waals surface area contributed by atoms with E-state index in [0.717, 1.165) is 84.0 Å². The van der Waals surface area contributed by atoms with Gasteiger partial charge in [0, 0.05) is 6.61 Å². The van der Waals surface area contributed by atoms with Gasteiger partial charge >= 0.3 is 0 Å². The number of methoxy groups -OCH3 is 3. The summed E-state index contributed by atoms with van der Waals surface area (Å²) in [5.74, 6) is 2.58. The van der Waals surface area contributed by atoms with Crippen LogP contribution in [-0.4, -0.2) is 101 Å². The van der Waals surface area contributed by atoms with Crippen molar-refractivity contribution in [2.24, 2.45) is 5.41 Å². The molecule has 3 aromatic carbocycles. The van der Waals surface area contributed by atoms with Crippen molar-refractivity contribution in [2.45, 2.75) is 57.8 Å². The Morgan fingerprint density at radius 2 is 0.776 bits per heavy atom. The Morgan fingerprint density at radius 1 is 0.490 bits per heavy atom. The van der Waals surface area contributed by atoms with E-state index >= 15 is 0 Å². The van der Waals surface area contributed by atoms with Gasteiger partial charge in [-0.05, 0) is 90.6 Å². The third-order valence-electron chi connectivity index (χ3n) is 7.32. The predicted octanol–water partition coefficient (Wildman–Crippen LogP) is 5.43. The van der Waals surface area contributed by atoms with E-state index in [1.807, 2.05) is 36.4 Å². The van der Waals surface area contributed by atoms with Gasteiger partial charge in [-0.2, -0.15) is 0 Å². The summed E-state index contributed by atoms with van der Waals surface area (Å²) in [5, 5.41) is 21.1. The summed E-state index contributed by atoms with van der Waals surface area (Å²) in [6, 6.07) is 25.3. The van der Waals surface area contributed by atoms with Crippen molar-refractivity contribution in [2.75, 3.05) is 84.3 Å². The third-order valence-corrected chi connectivity index (χ3v) is 7.32. The Bertz CT molecular complexity index is 1110. The summed E-state index contributed by atoms with van der Waals surface area (Å²) in [6.45, 7) is 0.244. The zero-order chi connectivity index (χ0) is 36.9. The van der Waals surface area contributed by atoms with Crippen molar-refractivity contribution in [3.63, 3.8) is 0 Å². The molecule has 0 aliphatic carbocycles. The zero-order valence-corrected chi connectivity index (χ0v) is 32.4. The number of rotatable bonds is 18. The molecule has 0 aliphatic rings. The molecule has 0 heterocycles. The van der Waals surface area contributed by atoms with Gasteiger partial charge in [0.1, 0.15) is 17.2 Å². The van der Waals surface area contributed by atoms with Gasteiger partial charge in [-0.15, -0.1) is 0 Å². The molecule has 8 nitrogen and oxygen atoms in total. The first kappa shape index (κ1) is 43.9. The highest BCUT2D eigenvalue weighted by Gasteiger charge is 2.31. The lowest BCUT2D eigenvalue weighted by Crippen LogP contribution is -2.47. The number of hydrogen-bond acceptors (Lipinski definition) is 6. The molecule has 0 fully saturated rings. The second kappa shape index (κ2) is 22.6. The molecule has 3 aromatic rings. The van der Waals surface area contributed by atoms with E-state index in [1.54, 1.807) is 21.3 Å². The molecule has 9 heteroatoms. The molecule has 274 valence electrons. The van der Waals surface area contributed by atoms with Crippen LogP contribution in [-0.2, 0) is 23.9 Å². The number of nitrogens with zero attached hydrogens (tertiary/aromatic N) is 2. The topological polar surface area (TPSA) is 83.0 Å². The van der Waals surface area contributed by atoms with Gasteiger partial charge in [0.15, 0.2) is 0 Å². The lowest BCUT2D eigenvalue weighted by atomic mass is 9.69. The molecule has 0 amide bonds. The van der Waals surface area contributed by atoms with Crippen LogP contribution in [0.25, 0.3) is 0 Å². The fourth-order valence-electron chi connectivity index (χ4n) is 5.29. The molecule has 0 N–H and O–H groups in total. The molecule has 49 heavy (non-hydrogen) atoms. The van der Waals surface area contributed by atoms with Crippen LogP contribution in [0.3, 0.4) is 0 Å². The predicted molar refractivity (Wildman–Crippen MR) is 200 cm³/mol. The van der Waals surface area contributed by atoms with Gasteiger partial charge in [-0.25, -0.2) is 0 Å². The summed E-state index contributed by atoms with van der Waals surface area (Å²) >= 11 is 0. The fourth-order valence-corrected chi connectivity index (χ4v) is 5.29.